The Labute approximate surface area is 134 Å². The summed E-state index contributed by atoms with van der Waals surface area (Å²) in [7, 11) is 0. The van der Waals surface area contributed by atoms with Crippen molar-refractivity contribution in [3.63, 3.8) is 0 Å². The number of hydrogen-bond acceptors (Lipinski definition) is 3. The molecule has 2 saturated heterocycles. The summed E-state index contributed by atoms with van der Waals surface area (Å²) in [6.45, 7) is 8.76. The minimum atomic E-state index is 0. The number of halogens is 1. The van der Waals surface area contributed by atoms with E-state index < -0.39 is 0 Å². The van der Waals surface area contributed by atoms with E-state index in [-0.39, 0.29) is 12.4 Å². The van der Waals surface area contributed by atoms with E-state index in [0.717, 1.165) is 18.9 Å². The van der Waals surface area contributed by atoms with Gasteiger partial charge < -0.3 is 10.1 Å². The molecule has 0 aromatic heterocycles. The lowest BCUT2D eigenvalue weighted by atomic mass is 9.78. The highest BCUT2D eigenvalue weighted by molar-refractivity contribution is 5.85. The Morgan fingerprint density at radius 3 is 2.81 bits per heavy atom. The second-order valence-electron chi connectivity index (χ2n) is 6.29. The molecule has 0 saturated carbocycles. The zero-order valence-electron chi connectivity index (χ0n) is 12.9. The van der Waals surface area contributed by atoms with Crippen LogP contribution in [0.15, 0.2) is 24.3 Å². The number of benzene rings is 1. The van der Waals surface area contributed by atoms with Crippen LogP contribution in [0, 0.1) is 5.41 Å². The normalized spacial score (nSPS) is 21.2. The van der Waals surface area contributed by atoms with Crippen molar-refractivity contribution in [3.8, 4) is 5.75 Å². The van der Waals surface area contributed by atoms with Gasteiger partial charge in [-0.05, 0) is 68.9 Å². The topological polar surface area (TPSA) is 24.5 Å². The molecule has 0 amide bonds. The van der Waals surface area contributed by atoms with Crippen LogP contribution in [0.5, 0.6) is 5.75 Å². The molecule has 0 radical (unpaired) electrons. The summed E-state index contributed by atoms with van der Waals surface area (Å²) in [5.74, 6) is 1.00. The smallest absolute Gasteiger partial charge is 0.119 e. The highest BCUT2D eigenvalue weighted by Gasteiger charge is 2.38. The molecule has 0 atom stereocenters. The maximum atomic E-state index is 5.59. The molecular weight excluding hydrogens is 284 g/mol. The molecule has 0 aliphatic carbocycles. The SMILES string of the molecule is CCOc1cccc(CN2CCC3(CCNCC3)C2)c1.Cl. The van der Waals surface area contributed by atoms with Gasteiger partial charge in [-0.3, -0.25) is 4.90 Å². The predicted octanol–water partition coefficient (Wildman–Crippen LogP) is 3.08. The Hall–Kier alpha value is -0.770. The van der Waals surface area contributed by atoms with Gasteiger partial charge >= 0.3 is 0 Å². The molecule has 2 heterocycles. The summed E-state index contributed by atoms with van der Waals surface area (Å²) in [5.41, 5.74) is 1.98. The third-order valence-corrected chi connectivity index (χ3v) is 4.80. The van der Waals surface area contributed by atoms with Crippen molar-refractivity contribution < 1.29 is 4.74 Å². The fourth-order valence-corrected chi connectivity index (χ4v) is 3.69. The number of nitrogens with zero attached hydrogens (tertiary/aromatic N) is 1. The maximum Gasteiger partial charge on any atom is 0.119 e. The predicted molar refractivity (Wildman–Crippen MR) is 89.3 cm³/mol. The summed E-state index contributed by atoms with van der Waals surface area (Å²) in [5, 5.41) is 3.49. The quantitative estimate of drug-likeness (QED) is 0.925. The van der Waals surface area contributed by atoms with Gasteiger partial charge in [0.2, 0.25) is 0 Å². The zero-order valence-corrected chi connectivity index (χ0v) is 13.8. The minimum Gasteiger partial charge on any atom is -0.494 e. The van der Waals surface area contributed by atoms with Gasteiger partial charge in [0.1, 0.15) is 5.75 Å². The van der Waals surface area contributed by atoms with E-state index >= 15 is 0 Å². The first-order chi connectivity index (χ1) is 9.80. The maximum absolute atomic E-state index is 5.59. The van der Waals surface area contributed by atoms with E-state index in [1.807, 2.05) is 13.0 Å². The van der Waals surface area contributed by atoms with Crippen molar-refractivity contribution in [2.75, 3.05) is 32.8 Å². The number of hydrogen-bond donors (Lipinski definition) is 1. The monoisotopic (exact) mass is 310 g/mol. The van der Waals surface area contributed by atoms with Crippen LogP contribution >= 0.6 is 12.4 Å². The van der Waals surface area contributed by atoms with Crippen molar-refractivity contribution in [2.24, 2.45) is 5.41 Å². The fourth-order valence-electron chi connectivity index (χ4n) is 3.69. The number of rotatable bonds is 4. The lowest BCUT2D eigenvalue weighted by molar-refractivity contribution is 0.194. The van der Waals surface area contributed by atoms with Crippen LogP contribution in [0.4, 0.5) is 0 Å². The van der Waals surface area contributed by atoms with Gasteiger partial charge in [0.05, 0.1) is 6.61 Å². The molecule has 21 heavy (non-hydrogen) atoms. The first-order valence-corrected chi connectivity index (χ1v) is 7.94. The molecule has 3 rings (SSSR count). The molecule has 3 nitrogen and oxygen atoms in total. The largest absolute Gasteiger partial charge is 0.494 e. The van der Waals surface area contributed by atoms with Gasteiger partial charge in [0.25, 0.3) is 0 Å². The van der Waals surface area contributed by atoms with E-state index in [0.29, 0.717) is 5.41 Å². The molecule has 2 aliphatic rings. The lowest BCUT2D eigenvalue weighted by Crippen LogP contribution is -2.38. The highest BCUT2D eigenvalue weighted by Crippen LogP contribution is 2.39. The van der Waals surface area contributed by atoms with Crippen molar-refractivity contribution in [2.45, 2.75) is 32.7 Å². The van der Waals surface area contributed by atoms with Crippen LogP contribution in [0.2, 0.25) is 0 Å². The molecule has 0 bridgehead atoms. The van der Waals surface area contributed by atoms with Gasteiger partial charge in [-0.2, -0.15) is 0 Å². The summed E-state index contributed by atoms with van der Waals surface area (Å²) in [6.07, 6.45) is 4.07. The average Bonchev–Trinajstić information content (AvgIpc) is 2.83. The Kier molecular flexibility index (Phi) is 5.91. The summed E-state index contributed by atoms with van der Waals surface area (Å²) >= 11 is 0. The molecule has 1 N–H and O–H groups in total. The first kappa shape index (κ1) is 16.6. The minimum absolute atomic E-state index is 0. The summed E-state index contributed by atoms with van der Waals surface area (Å²) in [6, 6.07) is 8.56. The molecule has 0 unspecified atom stereocenters. The second kappa shape index (κ2) is 7.48. The van der Waals surface area contributed by atoms with Crippen LogP contribution in [-0.2, 0) is 6.54 Å². The van der Waals surface area contributed by atoms with Gasteiger partial charge in [0, 0.05) is 13.1 Å². The highest BCUT2D eigenvalue weighted by atomic mass is 35.5. The van der Waals surface area contributed by atoms with Crippen molar-refractivity contribution >= 4 is 12.4 Å². The lowest BCUT2D eigenvalue weighted by Gasteiger charge is -2.34. The van der Waals surface area contributed by atoms with E-state index in [4.69, 9.17) is 4.74 Å². The van der Waals surface area contributed by atoms with Crippen LogP contribution in [0.25, 0.3) is 0 Å². The third-order valence-electron chi connectivity index (χ3n) is 4.80. The standard InChI is InChI=1S/C17H26N2O.ClH/c1-2-20-16-5-3-4-15(12-16)13-19-11-8-17(14-19)6-9-18-10-7-17;/h3-5,12,18H,2,6-11,13-14H2,1H3;1H. The number of ether oxygens (including phenoxy) is 1. The third kappa shape index (κ3) is 4.12. The van der Waals surface area contributed by atoms with Gasteiger partial charge in [-0.25, -0.2) is 0 Å². The second-order valence-corrected chi connectivity index (χ2v) is 6.29. The average molecular weight is 311 g/mol. The molecule has 2 aliphatic heterocycles. The van der Waals surface area contributed by atoms with Gasteiger partial charge in [-0.15, -0.1) is 12.4 Å². The Morgan fingerprint density at radius 2 is 2.05 bits per heavy atom. The number of likely N-dealkylation sites (tertiary alicyclic amines) is 1. The summed E-state index contributed by atoms with van der Waals surface area (Å²) < 4.78 is 5.59. The molecule has 1 aromatic carbocycles. The zero-order chi connectivity index (χ0) is 13.8. The van der Waals surface area contributed by atoms with Crippen molar-refractivity contribution in [1.82, 2.24) is 10.2 Å². The fraction of sp³-hybridized carbons (Fsp3) is 0.647. The van der Waals surface area contributed by atoms with Crippen LogP contribution in [0.1, 0.15) is 31.7 Å². The molecule has 4 heteroatoms. The molecule has 1 aromatic rings. The Balaban J connectivity index is 0.00000161. The van der Waals surface area contributed by atoms with Crippen LogP contribution < -0.4 is 10.1 Å². The number of piperidine rings is 1. The van der Waals surface area contributed by atoms with E-state index in [9.17, 15) is 0 Å². The molecule has 1 spiro atoms. The Bertz CT molecular complexity index is 446. The van der Waals surface area contributed by atoms with Crippen molar-refractivity contribution in [3.05, 3.63) is 29.8 Å². The van der Waals surface area contributed by atoms with Gasteiger partial charge in [-0.1, -0.05) is 12.1 Å². The van der Waals surface area contributed by atoms with E-state index in [1.165, 1.54) is 51.0 Å². The van der Waals surface area contributed by atoms with Gasteiger partial charge in [0.15, 0.2) is 0 Å². The van der Waals surface area contributed by atoms with E-state index in [1.54, 1.807) is 0 Å². The summed E-state index contributed by atoms with van der Waals surface area (Å²) in [4.78, 5) is 2.62. The van der Waals surface area contributed by atoms with E-state index in [2.05, 4.69) is 28.4 Å². The molecule has 118 valence electrons. The van der Waals surface area contributed by atoms with Crippen molar-refractivity contribution in [1.29, 1.82) is 0 Å². The molecular formula is C17H27ClN2O. The van der Waals surface area contributed by atoms with Crippen LogP contribution in [0.3, 0.4) is 0 Å². The molecule has 2 fully saturated rings. The first-order valence-electron chi connectivity index (χ1n) is 7.94. The van der Waals surface area contributed by atoms with Crippen LogP contribution in [-0.4, -0.2) is 37.7 Å². The number of nitrogens with one attached hydrogen (secondary N) is 1. The Morgan fingerprint density at radius 1 is 1.24 bits per heavy atom.